The molecule has 1 unspecified atom stereocenters. The van der Waals surface area contributed by atoms with Crippen molar-refractivity contribution in [2.75, 3.05) is 6.61 Å². The number of aromatic nitrogens is 2. The largest absolute Gasteiger partial charge is 0.382 e. The summed E-state index contributed by atoms with van der Waals surface area (Å²) in [6, 6.07) is 0. The highest BCUT2D eigenvalue weighted by Gasteiger charge is 2.50. The van der Waals surface area contributed by atoms with Crippen LogP contribution in [0.4, 0.5) is 0 Å². The Morgan fingerprint density at radius 1 is 1.57 bits per heavy atom. The third-order valence-electron chi connectivity index (χ3n) is 3.11. The van der Waals surface area contributed by atoms with Gasteiger partial charge in [0.25, 0.3) is 0 Å². The van der Waals surface area contributed by atoms with Gasteiger partial charge in [0, 0.05) is 25.2 Å². The standard InChI is InChI=1S/C10H16N2O2/c1-9(2)10(13,4-5-14-9)8-6-11-12(3)7-8/h6-7,13H,4-5H2,1-3H3. The van der Waals surface area contributed by atoms with Crippen LogP contribution < -0.4 is 0 Å². The average Bonchev–Trinajstić information content (AvgIpc) is 2.60. The number of aliphatic hydroxyl groups is 1. The van der Waals surface area contributed by atoms with Gasteiger partial charge in [-0.25, -0.2) is 0 Å². The summed E-state index contributed by atoms with van der Waals surface area (Å²) in [6.45, 7) is 4.42. The first kappa shape index (κ1) is 9.68. The smallest absolute Gasteiger partial charge is 0.123 e. The lowest BCUT2D eigenvalue weighted by Crippen LogP contribution is -2.43. The van der Waals surface area contributed by atoms with E-state index in [9.17, 15) is 5.11 Å². The molecule has 0 aliphatic carbocycles. The molecule has 1 aromatic heterocycles. The number of hydrogen-bond acceptors (Lipinski definition) is 3. The molecule has 1 saturated heterocycles. The van der Waals surface area contributed by atoms with Crippen molar-refractivity contribution in [2.45, 2.75) is 31.5 Å². The SMILES string of the molecule is Cn1cc(C2(O)CCOC2(C)C)cn1. The molecule has 0 spiro atoms. The summed E-state index contributed by atoms with van der Waals surface area (Å²) in [5, 5.41) is 14.6. The molecule has 1 atom stereocenters. The summed E-state index contributed by atoms with van der Waals surface area (Å²) in [5.41, 5.74) is -0.598. The molecule has 0 bridgehead atoms. The maximum Gasteiger partial charge on any atom is 0.123 e. The highest BCUT2D eigenvalue weighted by molar-refractivity contribution is 5.22. The summed E-state index contributed by atoms with van der Waals surface area (Å²) in [6.07, 6.45) is 4.18. The van der Waals surface area contributed by atoms with E-state index in [1.54, 1.807) is 10.9 Å². The molecule has 2 heterocycles. The first-order chi connectivity index (χ1) is 6.46. The van der Waals surface area contributed by atoms with Crippen LogP contribution in [-0.2, 0) is 17.4 Å². The van der Waals surface area contributed by atoms with Gasteiger partial charge in [0.05, 0.1) is 18.4 Å². The van der Waals surface area contributed by atoms with Crippen LogP contribution in [0.15, 0.2) is 12.4 Å². The van der Waals surface area contributed by atoms with Gasteiger partial charge in [-0.15, -0.1) is 0 Å². The van der Waals surface area contributed by atoms with Crippen LogP contribution in [0.1, 0.15) is 25.8 Å². The topological polar surface area (TPSA) is 47.3 Å². The molecule has 1 aromatic rings. The first-order valence-corrected chi connectivity index (χ1v) is 4.81. The van der Waals surface area contributed by atoms with E-state index in [1.807, 2.05) is 27.1 Å². The molecule has 1 aliphatic rings. The van der Waals surface area contributed by atoms with E-state index in [4.69, 9.17) is 4.74 Å². The number of ether oxygens (including phenoxy) is 1. The fourth-order valence-corrected chi connectivity index (χ4v) is 2.00. The Bertz CT molecular complexity index is 346. The summed E-state index contributed by atoms with van der Waals surface area (Å²) in [7, 11) is 1.84. The van der Waals surface area contributed by atoms with Crippen molar-refractivity contribution in [1.82, 2.24) is 9.78 Å². The van der Waals surface area contributed by atoms with Crippen molar-refractivity contribution in [1.29, 1.82) is 0 Å². The Balaban J connectivity index is 2.41. The lowest BCUT2D eigenvalue weighted by Gasteiger charge is -2.34. The van der Waals surface area contributed by atoms with E-state index >= 15 is 0 Å². The van der Waals surface area contributed by atoms with Gasteiger partial charge in [0.1, 0.15) is 5.60 Å². The van der Waals surface area contributed by atoms with E-state index in [2.05, 4.69) is 5.10 Å². The van der Waals surface area contributed by atoms with Gasteiger partial charge < -0.3 is 9.84 Å². The summed E-state index contributed by atoms with van der Waals surface area (Å²) in [5.74, 6) is 0. The van der Waals surface area contributed by atoms with Gasteiger partial charge in [0.2, 0.25) is 0 Å². The van der Waals surface area contributed by atoms with Gasteiger partial charge in [-0.2, -0.15) is 5.10 Å². The molecule has 0 radical (unpaired) electrons. The van der Waals surface area contributed by atoms with Crippen molar-refractivity contribution in [3.05, 3.63) is 18.0 Å². The average molecular weight is 196 g/mol. The maximum absolute atomic E-state index is 10.5. The maximum atomic E-state index is 10.5. The lowest BCUT2D eigenvalue weighted by molar-refractivity contribution is -0.102. The first-order valence-electron chi connectivity index (χ1n) is 4.81. The lowest BCUT2D eigenvalue weighted by atomic mass is 9.81. The molecule has 1 N–H and O–H groups in total. The second kappa shape index (κ2) is 2.81. The summed E-state index contributed by atoms with van der Waals surface area (Å²) >= 11 is 0. The van der Waals surface area contributed by atoms with Gasteiger partial charge in [-0.05, 0) is 13.8 Å². The molecule has 0 amide bonds. The summed E-state index contributed by atoms with van der Waals surface area (Å²) < 4.78 is 7.23. The zero-order valence-corrected chi connectivity index (χ0v) is 8.82. The predicted molar refractivity (Wildman–Crippen MR) is 51.8 cm³/mol. The van der Waals surface area contributed by atoms with Crippen LogP contribution in [0.3, 0.4) is 0 Å². The van der Waals surface area contributed by atoms with Crippen molar-refractivity contribution in [3.63, 3.8) is 0 Å². The van der Waals surface area contributed by atoms with Crippen LogP contribution in [0.2, 0.25) is 0 Å². The molecule has 14 heavy (non-hydrogen) atoms. The van der Waals surface area contributed by atoms with Crippen LogP contribution >= 0.6 is 0 Å². The van der Waals surface area contributed by atoms with Crippen molar-refractivity contribution in [2.24, 2.45) is 7.05 Å². The third kappa shape index (κ3) is 1.18. The Labute approximate surface area is 83.5 Å². The highest BCUT2D eigenvalue weighted by atomic mass is 16.5. The van der Waals surface area contributed by atoms with Crippen LogP contribution in [0.5, 0.6) is 0 Å². The van der Waals surface area contributed by atoms with Gasteiger partial charge in [0.15, 0.2) is 0 Å². The van der Waals surface area contributed by atoms with Crippen molar-refractivity contribution >= 4 is 0 Å². The zero-order valence-electron chi connectivity index (χ0n) is 8.82. The zero-order chi connectivity index (χ0) is 10.4. The second-order valence-corrected chi connectivity index (χ2v) is 4.37. The number of nitrogens with zero attached hydrogens (tertiary/aromatic N) is 2. The third-order valence-corrected chi connectivity index (χ3v) is 3.11. The minimum atomic E-state index is -0.902. The molecule has 1 aliphatic heterocycles. The van der Waals surface area contributed by atoms with E-state index in [0.717, 1.165) is 5.56 Å². The quantitative estimate of drug-likeness (QED) is 0.723. The van der Waals surface area contributed by atoms with E-state index in [1.165, 1.54) is 0 Å². The molecule has 0 aromatic carbocycles. The van der Waals surface area contributed by atoms with Gasteiger partial charge >= 0.3 is 0 Å². The highest BCUT2D eigenvalue weighted by Crippen LogP contribution is 2.43. The molecule has 1 fully saturated rings. The minimum Gasteiger partial charge on any atom is -0.382 e. The fraction of sp³-hybridized carbons (Fsp3) is 0.700. The molecule has 78 valence electrons. The molecular weight excluding hydrogens is 180 g/mol. The Kier molecular flexibility index (Phi) is 1.94. The van der Waals surface area contributed by atoms with E-state index in [-0.39, 0.29) is 0 Å². The fourth-order valence-electron chi connectivity index (χ4n) is 2.00. The summed E-state index contributed by atoms with van der Waals surface area (Å²) in [4.78, 5) is 0. The van der Waals surface area contributed by atoms with Gasteiger partial charge in [-0.1, -0.05) is 0 Å². The van der Waals surface area contributed by atoms with Gasteiger partial charge in [-0.3, -0.25) is 4.68 Å². The molecule has 4 nitrogen and oxygen atoms in total. The second-order valence-electron chi connectivity index (χ2n) is 4.37. The Hall–Kier alpha value is -0.870. The normalized spacial score (nSPS) is 30.9. The molecule has 4 heteroatoms. The van der Waals surface area contributed by atoms with Crippen molar-refractivity contribution in [3.8, 4) is 0 Å². The van der Waals surface area contributed by atoms with E-state index < -0.39 is 11.2 Å². The number of aryl methyl sites for hydroxylation is 1. The van der Waals surface area contributed by atoms with E-state index in [0.29, 0.717) is 13.0 Å². The molecule has 0 saturated carbocycles. The van der Waals surface area contributed by atoms with Crippen LogP contribution in [-0.4, -0.2) is 27.1 Å². The van der Waals surface area contributed by atoms with Crippen molar-refractivity contribution < 1.29 is 9.84 Å². The predicted octanol–water partition coefficient (Wildman–Crippen LogP) is 0.807. The van der Waals surface area contributed by atoms with Crippen LogP contribution in [0.25, 0.3) is 0 Å². The Morgan fingerprint density at radius 2 is 2.29 bits per heavy atom. The number of rotatable bonds is 1. The van der Waals surface area contributed by atoms with Crippen LogP contribution in [0, 0.1) is 0 Å². The minimum absolute atomic E-state index is 0.532. The monoisotopic (exact) mass is 196 g/mol. The molecular formula is C10H16N2O2. The Morgan fingerprint density at radius 3 is 2.71 bits per heavy atom. The molecule has 2 rings (SSSR count). The number of hydrogen-bond donors (Lipinski definition) is 1.